The number of methoxy groups -OCH3 is 1. The fourth-order valence-corrected chi connectivity index (χ4v) is 5.04. The molecule has 1 saturated heterocycles. The van der Waals surface area contributed by atoms with Crippen LogP contribution in [0.3, 0.4) is 0 Å². The normalized spacial score (nSPS) is 26.8. The fourth-order valence-electron chi connectivity index (χ4n) is 5.04. The van der Waals surface area contributed by atoms with Crippen LogP contribution in [-0.4, -0.2) is 36.1 Å². The Morgan fingerprint density at radius 2 is 2.21 bits per heavy atom. The molecule has 0 amide bonds. The number of para-hydroxylation sites is 1. The second-order valence-electron chi connectivity index (χ2n) is 7.32. The Morgan fingerprint density at radius 3 is 3.00 bits per heavy atom. The zero-order valence-corrected chi connectivity index (χ0v) is 14.6. The lowest BCUT2D eigenvalue weighted by Crippen LogP contribution is -2.50. The summed E-state index contributed by atoms with van der Waals surface area (Å²) in [5.74, 6) is -0.0815. The number of rotatable bonds is 3. The van der Waals surface area contributed by atoms with Gasteiger partial charge in [0.1, 0.15) is 0 Å². The van der Waals surface area contributed by atoms with E-state index in [4.69, 9.17) is 4.74 Å². The van der Waals surface area contributed by atoms with Crippen molar-refractivity contribution < 1.29 is 9.53 Å². The van der Waals surface area contributed by atoms with Crippen LogP contribution in [0.25, 0.3) is 10.9 Å². The van der Waals surface area contributed by atoms with E-state index < -0.39 is 0 Å². The van der Waals surface area contributed by atoms with Gasteiger partial charge in [-0.25, -0.2) is 0 Å². The van der Waals surface area contributed by atoms with E-state index >= 15 is 0 Å². The van der Waals surface area contributed by atoms with Gasteiger partial charge in [0.15, 0.2) is 0 Å². The third kappa shape index (κ3) is 2.27. The molecule has 0 spiro atoms. The molecule has 0 radical (unpaired) electrons. The summed E-state index contributed by atoms with van der Waals surface area (Å²) in [5.41, 5.74) is 3.99. The van der Waals surface area contributed by atoms with E-state index in [1.807, 2.05) is 0 Å². The summed E-state index contributed by atoms with van der Waals surface area (Å²) in [7, 11) is 1.50. The molecular weight excluding hydrogens is 300 g/mol. The first-order chi connectivity index (χ1) is 11.7. The van der Waals surface area contributed by atoms with Gasteiger partial charge < -0.3 is 9.72 Å². The molecule has 4 heteroatoms. The highest BCUT2D eigenvalue weighted by Crippen LogP contribution is 2.53. The van der Waals surface area contributed by atoms with Crippen LogP contribution < -0.4 is 0 Å². The minimum Gasteiger partial charge on any atom is -0.469 e. The van der Waals surface area contributed by atoms with Crippen molar-refractivity contribution >= 4 is 16.9 Å². The van der Waals surface area contributed by atoms with Gasteiger partial charge in [-0.2, -0.15) is 0 Å². The number of hydrogen-bond donors (Lipinski definition) is 1. The predicted octanol–water partition coefficient (Wildman–Crippen LogP) is 3.82. The predicted molar refractivity (Wildman–Crippen MR) is 94.9 cm³/mol. The van der Waals surface area contributed by atoms with Crippen molar-refractivity contribution in [2.24, 2.45) is 5.41 Å². The molecule has 1 fully saturated rings. The molecule has 0 aliphatic carbocycles. The Labute approximate surface area is 143 Å². The quantitative estimate of drug-likeness (QED) is 0.872. The van der Waals surface area contributed by atoms with Crippen LogP contribution in [0.15, 0.2) is 24.3 Å². The van der Waals surface area contributed by atoms with Crippen LogP contribution in [0.1, 0.15) is 49.9 Å². The second-order valence-corrected chi connectivity index (χ2v) is 7.32. The smallest absolute Gasteiger partial charge is 0.306 e. The number of benzene rings is 1. The number of nitrogens with zero attached hydrogens (tertiary/aromatic N) is 1. The maximum atomic E-state index is 12.2. The second kappa shape index (κ2) is 5.92. The van der Waals surface area contributed by atoms with Crippen molar-refractivity contribution in [2.75, 3.05) is 20.2 Å². The van der Waals surface area contributed by atoms with E-state index in [1.54, 1.807) is 0 Å². The topological polar surface area (TPSA) is 45.3 Å². The Hall–Kier alpha value is -1.81. The van der Waals surface area contributed by atoms with Crippen molar-refractivity contribution in [1.29, 1.82) is 0 Å². The monoisotopic (exact) mass is 326 g/mol. The number of esters is 1. The van der Waals surface area contributed by atoms with Gasteiger partial charge in [-0.05, 0) is 43.9 Å². The van der Waals surface area contributed by atoms with Gasteiger partial charge in [0.05, 0.1) is 19.6 Å². The van der Waals surface area contributed by atoms with Crippen LogP contribution >= 0.6 is 0 Å². The summed E-state index contributed by atoms with van der Waals surface area (Å²) in [6.07, 6.45) is 4.85. The van der Waals surface area contributed by atoms with Crippen LogP contribution in [0.5, 0.6) is 0 Å². The van der Waals surface area contributed by atoms with Gasteiger partial charge >= 0.3 is 5.97 Å². The Kier molecular flexibility index (Phi) is 3.87. The van der Waals surface area contributed by atoms with Crippen molar-refractivity contribution in [3.05, 3.63) is 35.5 Å². The molecule has 1 aromatic carbocycles. The largest absolute Gasteiger partial charge is 0.469 e. The minimum absolute atomic E-state index is 0.0264. The van der Waals surface area contributed by atoms with Crippen LogP contribution in [0.2, 0.25) is 0 Å². The highest BCUT2D eigenvalue weighted by molar-refractivity contribution is 5.85. The van der Waals surface area contributed by atoms with Gasteiger partial charge in [-0.15, -0.1) is 0 Å². The summed E-state index contributed by atoms with van der Waals surface area (Å²) in [4.78, 5) is 18.4. The van der Waals surface area contributed by atoms with E-state index in [-0.39, 0.29) is 11.4 Å². The number of hydrogen-bond acceptors (Lipinski definition) is 3. The van der Waals surface area contributed by atoms with E-state index in [0.29, 0.717) is 12.5 Å². The highest BCUT2D eigenvalue weighted by atomic mass is 16.5. The summed E-state index contributed by atoms with van der Waals surface area (Å²) < 4.78 is 5.04. The number of carbonyl (C=O) groups is 1. The Balaban J connectivity index is 1.84. The Morgan fingerprint density at radius 1 is 1.38 bits per heavy atom. The van der Waals surface area contributed by atoms with Crippen LogP contribution in [0, 0.1) is 5.41 Å². The number of aromatic amines is 1. The number of piperidine rings is 1. The standard InChI is InChI=1S/C20H26N2O2/c1-3-20(13-17(23)24-2)10-6-11-22-12-9-15-14-7-4-5-8-16(14)21-18(15)19(20)22/h4-5,7-8,19,21H,3,6,9-13H2,1-2H3/t19-,20+/m1/s1. The molecule has 1 N–H and O–H groups in total. The lowest BCUT2D eigenvalue weighted by molar-refractivity contribution is -0.146. The number of H-pyrrole nitrogens is 1. The first kappa shape index (κ1) is 15.7. The van der Waals surface area contributed by atoms with E-state index in [1.165, 1.54) is 29.3 Å². The van der Waals surface area contributed by atoms with E-state index in [2.05, 4.69) is 41.1 Å². The van der Waals surface area contributed by atoms with Gasteiger partial charge in [-0.1, -0.05) is 25.1 Å². The first-order valence-electron chi connectivity index (χ1n) is 9.09. The third-order valence-electron chi connectivity index (χ3n) is 6.26. The average Bonchev–Trinajstić information content (AvgIpc) is 3.00. The minimum atomic E-state index is -0.0815. The average molecular weight is 326 g/mol. The zero-order valence-electron chi connectivity index (χ0n) is 14.6. The Bertz CT molecular complexity index is 766. The number of aromatic nitrogens is 1. The van der Waals surface area contributed by atoms with Crippen molar-refractivity contribution in [2.45, 2.75) is 45.1 Å². The SMILES string of the molecule is CC[C@@]1(CC(=O)OC)CCCN2CCc3c([nH]c4ccccc34)[C@@H]21. The summed E-state index contributed by atoms with van der Waals surface area (Å²) in [5, 5.41) is 1.35. The lowest BCUT2D eigenvalue weighted by Gasteiger charge is -2.51. The van der Waals surface area contributed by atoms with Crippen molar-refractivity contribution in [3.63, 3.8) is 0 Å². The molecule has 2 aromatic rings. The molecule has 0 unspecified atom stereocenters. The summed E-state index contributed by atoms with van der Waals surface area (Å²) in [6.45, 7) is 4.44. The molecule has 24 heavy (non-hydrogen) atoms. The van der Waals surface area contributed by atoms with Gasteiger partial charge in [0.2, 0.25) is 0 Å². The zero-order chi connectivity index (χ0) is 16.7. The number of ether oxygens (including phenoxy) is 1. The lowest BCUT2D eigenvalue weighted by atomic mass is 9.66. The van der Waals surface area contributed by atoms with E-state index in [0.717, 1.165) is 38.8 Å². The highest BCUT2D eigenvalue weighted by Gasteiger charge is 2.48. The molecule has 4 nitrogen and oxygen atoms in total. The molecule has 2 atom stereocenters. The molecule has 3 heterocycles. The molecule has 2 aliphatic heterocycles. The number of fused-ring (bicyclic) bond motifs is 5. The third-order valence-corrected chi connectivity index (χ3v) is 6.26. The fraction of sp³-hybridized carbons (Fsp3) is 0.550. The number of carbonyl (C=O) groups excluding carboxylic acids is 1. The first-order valence-corrected chi connectivity index (χ1v) is 9.09. The van der Waals surface area contributed by atoms with Gasteiger partial charge in [-0.3, -0.25) is 9.69 Å². The maximum absolute atomic E-state index is 12.2. The molecule has 128 valence electrons. The molecular formula is C20H26N2O2. The molecule has 1 aromatic heterocycles. The summed E-state index contributed by atoms with van der Waals surface area (Å²) >= 11 is 0. The molecule has 0 bridgehead atoms. The molecule has 2 aliphatic rings. The van der Waals surface area contributed by atoms with Crippen LogP contribution in [0.4, 0.5) is 0 Å². The summed E-state index contributed by atoms with van der Waals surface area (Å²) in [6, 6.07) is 8.88. The van der Waals surface area contributed by atoms with Gasteiger partial charge in [0, 0.05) is 28.6 Å². The molecule has 4 rings (SSSR count). The van der Waals surface area contributed by atoms with Crippen molar-refractivity contribution in [1.82, 2.24) is 9.88 Å². The molecule has 0 saturated carbocycles. The van der Waals surface area contributed by atoms with Crippen molar-refractivity contribution in [3.8, 4) is 0 Å². The van der Waals surface area contributed by atoms with Crippen LogP contribution in [-0.2, 0) is 16.0 Å². The van der Waals surface area contributed by atoms with Gasteiger partial charge in [0.25, 0.3) is 0 Å². The van der Waals surface area contributed by atoms with E-state index in [9.17, 15) is 4.79 Å². The maximum Gasteiger partial charge on any atom is 0.306 e. The number of nitrogens with one attached hydrogen (secondary N) is 1.